The number of rotatable bonds is 0. The van der Waals surface area contributed by atoms with E-state index in [1.807, 2.05) is 52.0 Å². The van der Waals surface area contributed by atoms with Crippen LogP contribution in [0.2, 0.25) is 0 Å². The van der Waals surface area contributed by atoms with Crippen molar-refractivity contribution in [3.63, 3.8) is 0 Å². The summed E-state index contributed by atoms with van der Waals surface area (Å²) in [6.45, 7) is 8.62. The van der Waals surface area contributed by atoms with Gasteiger partial charge in [-0.1, -0.05) is 52.0 Å². The van der Waals surface area contributed by atoms with E-state index in [1.165, 1.54) is 5.56 Å². The Kier molecular flexibility index (Phi) is 3.91. The van der Waals surface area contributed by atoms with E-state index in [1.54, 1.807) is 0 Å². The van der Waals surface area contributed by atoms with Crippen LogP contribution in [-0.4, -0.2) is 12.3 Å². The van der Waals surface area contributed by atoms with Crippen molar-refractivity contribution < 1.29 is 4.79 Å². The van der Waals surface area contributed by atoms with Gasteiger partial charge in [0.1, 0.15) is 6.07 Å². The van der Waals surface area contributed by atoms with E-state index in [0.29, 0.717) is 5.57 Å². The number of ketones is 1. The number of fused-ring (bicyclic) bond motifs is 2. The molecular weight excluding hydrogens is 260 g/mol. The first-order valence-corrected chi connectivity index (χ1v) is 7.50. The molecular formula is C18H22N2O. The van der Waals surface area contributed by atoms with Crippen LogP contribution in [0.4, 0.5) is 5.69 Å². The number of benzene rings is 1. The second-order valence-electron chi connectivity index (χ2n) is 6.11. The Hall–Kier alpha value is -2.08. The summed E-state index contributed by atoms with van der Waals surface area (Å²) in [5.41, 5.74) is 1.90. The van der Waals surface area contributed by atoms with E-state index in [-0.39, 0.29) is 11.2 Å². The fourth-order valence-electron chi connectivity index (χ4n) is 3.42. The zero-order valence-electron chi connectivity index (χ0n) is 13.2. The number of nitriles is 1. The van der Waals surface area contributed by atoms with Gasteiger partial charge in [0, 0.05) is 23.1 Å². The summed E-state index contributed by atoms with van der Waals surface area (Å²) in [7, 11) is 0. The van der Waals surface area contributed by atoms with E-state index < -0.39 is 5.41 Å². The van der Waals surface area contributed by atoms with E-state index in [2.05, 4.69) is 17.5 Å². The standard InChI is InChI=1S/C16H16N2O.C2H6/c1-15(2)9-16(7-11(8-17)14(15)19)10-18-13-6-4-3-5-12(13)16;1-2/h3-7,18H,9-10H2,1-2H3;1-2H3. The average Bonchev–Trinajstić information content (AvgIpc) is 2.84. The second-order valence-corrected chi connectivity index (χ2v) is 6.11. The molecule has 1 aliphatic carbocycles. The van der Waals surface area contributed by atoms with Crippen molar-refractivity contribution in [3.8, 4) is 6.07 Å². The fourth-order valence-corrected chi connectivity index (χ4v) is 3.42. The summed E-state index contributed by atoms with van der Waals surface area (Å²) in [6, 6.07) is 10.2. The largest absolute Gasteiger partial charge is 0.384 e. The molecule has 110 valence electrons. The Balaban J connectivity index is 0.000000774. The normalized spacial score (nSPS) is 25.1. The summed E-state index contributed by atoms with van der Waals surface area (Å²) in [6.07, 6.45) is 2.62. The van der Waals surface area contributed by atoms with Gasteiger partial charge in [-0.25, -0.2) is 0 Å². The number of hydrogen-bond donors (Lipinski definition) is 1. The number of para-hydroxylation sites is 1. The first-order chi connectivity index (χ1) is 9.98. The molecule has 1 atom stereocenters. The van der Waals surface area contributed by atoms with Gasteiger partial charge in [0.05, 0.1) is 5.57 Å². The quantitative estimate of drug-likeness (QED) is 0.787. The minimum Gasteiger partial charge on any atom is -0.384 e. The molecule has 0 radical (unpaired) electrons. The highest BCUT2D eigenvalue weighted by atomic mass is 16.1. The monoisotopic (exact) mass is 282 g/mol. The van der Waals surface area contributed by atoms with Crippen molar-refractivity contribution in [2.24, 2.45) is 5.41 Å². The Morgan fingerprint density at radius 1 is 1.24 bits per heavy atom. The molecule has 21 heavy (non-hydrogen) atoms. The van der Waals surface area contributed by atoms with Crippen molar-refractivity contribution in [1.29, 1.82) is 5.26 Å². The highest BCUT2D eigenvalue weighted by Crippen LogP contribution is 2.49. The Morgan fingerprint density at radius 2 is 1.90 bits per heavy atom. The second kappa shape index (κ2) is 5.37. The first kappa shape index (κ1) is 15.3. The number of carbonyl (C=O) groups excluding carboxylic acids is 1. The third-order valence-electron chi connectivity index (χ3n) is 4.22. The molecule has 0 saturated carbocycles. The maximum atomic E-state index is 12.2. The number of hydrogen-bond acceptors (Lipinski definition) is 3. The maximum absolute atomic E-state index is 12.2. The van der Waals surface area contributed by atoms with E-state index in [0.717, 1.165) is 18.7 Å². The fraction of sp³-hybridized carbons (Fsp3) is 0.444. The van der Waals surface area contributed by atoms with Gasteiger partial charge in [0.25, 0.3) is 0 Å². The van der Waals surface area contributed by atoms with Gasteiger partial charge in [-0.15, -0.1) is 0 Å². The zero-order valence-corrected chi connectivity index (χ0v) is 13.2. The van der Waals surface area contributed by atoms with Crippen molar-refractivity contribution in [2.45, 2.75) is 39.5 Å². The summed E-state index contributed by atoms with van der Waals surface area (Å²) in [5.74, 6) is -0.0370. The predicted molar refractivity (Wildman–Crippen MR) is 85.1 cm³/mol. The average molecular weight is 282 g/mol. The van der Waals surface area contributed by atoms with Gasteiger partial charge >= 0.3 is 0 Å². The van der Waals surface area contributed by atoms with Crippen LogP contribution in [0.1, 0.15) is 39.7 Å². The van der Waals surface area contributed by atoms with Gasteiger partial charge < -0.3 is 5.32 Å². The number of anilines is 1. The van der Waals surface area contributed by atoms with Gasteiger partial charge in [-0.05, 0) is 18.1 Å². The number of Topliss-reactive ketones (excluding diaryl/α,β-unsaturated/α-hetero) is 1. The molecule has 1 aromatic carbocycles. The molecule has 1 unspecified atom stereocenters. The summed E-state index contributed by atoms with van der Waals surface area (Å²) in [5, 5.41) is 12.6. The number of nitrogens with zero attached hydrogens (tertiary/aromatic N) is 1. The van der Waals surface area contributed by atoms with Crippen molar-refractivity contribution in [3.05, 3.63) is 41.5 Å². The van der Waals surface area contributed by atoms with Crippen molar-refractivity contribution in [2.75, 3.05) is 11.9 Å². The molecule has 3 nitrogen and oxygen atoms in total. The number of carbonyl (C=O) groups is 1. The van der Waals surface area contributed by atoms with Crippen LogP contribution in [0, 0.1) is 16.7 Å². The molecule has 1 heterocycles. The number of allylic oxidation sites excluding steroid dienone is 1. The molecule has 2 aliphatic rings. The Labute approximate surface area is 126 Å². The molecule has 0 fully saturated rings. The third kappa shape index (κ3) is 2.35. The van der Waals surface area contributed by atoms with Crippen LogP contribution < -0.4 is 5.32 Å². The van der Waals surface area contributed by atoms with Crippen molar-refractivity contribution >= 4 is 11.5 Å². The van der Waals surface area contributed by atoms with Crippen molar-refractivity contribution in [1.82, 2.24) is 0 Å². The van der Waals surface area contributed by atoms with Gasteiger partial charge in [-0.3, -0.25) is 4.79 Å². The SMILES string of the molecule is CC.CC1(C)CC2(C=C(C#N)C1=O)CNc1ccccc12. The van der Waals surface area contributed by atoms with Gasteiger partial charge in [0.15, 0.2) is 5.78 Å². The minimum absolute atomic E-state index is 0.0370. The smallest absolute Gasteiger partial charge is 0.178 e. The summed E-state index contributed by atoms with van der Waals surface area (Å²) in [4.78, 5) is 12.2. The minimum atomic E-state index is -0.487. The predicted octanol–water partition coefficient (Wildman–Crippen LogP) is 3.83. The van der Waals surface area contributed by atoms with Gasteiger partial charge in [0.2, 0.25) is 0 Å². The molecule has 3 rings (SSSR count). The Morgan fingerprint density at radius 3 is 2.57 bits per heavy atom. The molecule has 1 aromatic rings. The molecule has 0 aromatic heterocycles. The summed E-state index contributed by atoms with van der Waals surface area (Å²) < 4.78 is 0. The highest BCUT2D eigenvalue weighted by molar-refractivity contribution is 6.04. The lowest BCUT2D eigenvalue weighted by Gasteiger charge is -2.38. The first-order valence-electron chi connectivity index (χ1n) is 7.50. The van der Waals surface area contributed by atoms with Crippen LogP contribution >= 0.6 is 0 Å². The molecule has 3 heteroatoms. The molecule has 0 amide bonds. The Bertz CT molecular complexity index is 637. The van der Waals surface area contributed by atoms with Crippen LogP contribution in [0.3, 0.4) is 0 Å². The molecule has 1 spiro atoms. The van der Waals surface area contributed by atoms with Gasteiger partial charge in [-0.2, -0.15) is 5.26 Å². The lowest BCUT2D eigenvalue weighted by Crippen LogP contribution is -2.42. The summed E-state index contributed by atoms with van der Waals surface area (Å²) >= 11 is 0. The topological polar surface area (TPSA) is 52.9 Å². The zero-order chi connectivity index (χ0) is 15.7. The third-order valence-corrected chi connectivity index (χ3v) is 4.22. The van der Waals surface area contributed by atoms with E-state index in [9.17, 15) is 10.1 Å². The lowest BCUT2D eigenvalue weighted by atomic mass is 9.62. The molecule has 1 aliphatic heterocycles. The molecule has 0 saturated heterocycles. The number of nitrogens with one attached hydrogen (secondary N) is 1. The van der Waals surface area contributed by atoms with Crippen LogP contribution in [0.25, 0.3) is 0 Å². The maximum Gasteiger partial charge on any atom is 0.178 e. The highest BCUT2D eigenvalue weighted by Gasteiger charge is 2.48. The van der Waals surface area contributed by atoms with Crippen LogP contribution in [-0.2, 0) is 10.2 Å². The molecule has 0 bridgehead atoms. The van der Waals surface area contributed by atoms with E-state index >= 15 is 0 Å². The molecule has 1 N–H and O–H groups in total. The lowest BCUT2D eigenvalue weighted by molar-refractivity contribution is -0.124. The van der Waals surface area contributed by atoms with Crippen LogP contribution in [0.15, 0.2) is 35.9 Å². The van der Waals surface area contributed by atoms with E-state index in [4.69, 9.17) is 0 Å². The van der Waals surface area contributed by atoms with Crippen LogP contribution in [0.5, 0.6) is 0 Å².